The number of nitrogens with zero attached hydrogens (tertiary/aromatic N) is 1. The van der Waals surface area contributed by atoms with Crippen LogP contribution in [0.2, 0.25) is 5.02 Å². The van der Waals surface area contributed by atoms with Crippen LogP contribution in [0.5, 0.6) is 0 Å². The van der Waals surface area contributed by atoms with E-state index in [1.807, 2.05) is 0 Å². The predicted octanol–water partition coefficient (Wildman–Crippen LogP) is 4.73. The SMILES string of the molecule is O=C(CCCCCl)Nc1ccccc1N1C[C@H](CNC(=O)c2cc(Cl)ccc2S)OC1=O. The largest absolute Gasteiger partial charge is 0.442 e. The summed E-state index contributed by atoms with van der Waals surface area (Å²) < 4.78 is 5.41. The molecule has 2 N–H and O–H groups in total. The van der Waals surface area contributed by atoms with Gasteiger partial charge in [0.15, 0.2) is 0 Å². The summed E-state index contributed by atoms with van der Waals surface area (Å²) in [6.07, 6.45) is 0.682. The van der Waals surface area contributed by atoms with Gasteiger partial charge in [-0.05, 0) is 43.2 Å². The summed E-state index contributed by atoms with van der Waals surface area (Å²) in [7, 11) is 0. The van der Waals surface area contributed by atoms with Crippen LogP contribution in [-0.2, 0) is 9.53 Å². The maximum Gasteiger partial charge on any atom is 0.414 e. The van der Waals surface area contributed by atoms with Crippen molar-refractivity contribution in [3.05, 3.63) is 53.1 Å². The van der Waals surface area contributed by atoms with Gasteiger partial charge in [0.05, 0.1) is 30.0 Å². The zero-order chi connectivity index (χ0) is 23.1. The van der Waals surface area contributed by atoms with Crippen molar-refractivity contribution in [3.8, 4) is 0 Å². The summed E-state index contributed by atoms with van der Waals surface area (Å²) in [5.41, 5.74) is 1.39. The molecule has 0 bridgehead atoms. The van der Waals surface area contributed by atoms with Crippen LogP contribution in [0.25, 0.3) is 0 Å². The van der Waals surface area contributed by atoms with E-state index < -0.39 is 12.2 Å². The summed E-state index contributed by atoms with van der Waals surface area (Å²) in [4.78, 5) is 39.1. The van der Waals surface area contributed by atoms with Gasteiger partial charge in [-0.15, -0.1) is 24.2 Å². The monoisotopic (exact) mass is 495 g/mol. The van der Waals surface area contributed by atoms with Gasteiger partial charge in [-0.3, -0.25) is 14.5 Å². The zero-order valence-corrected chi connectivity index (χ0v) is 19.6. The number of unbranched alkanes of at least 4 members (excludes halogenated alkanes) is 1. The van der Waals surface area contributed by atoms with Crippen molar-refractivity contribution in [3.63, 3.8) is 0 Å². The van der Waals surface area contributed by atoms with E-state index in [0.29, 0.717) is 45.6 Å². The van der Waals surface area contributed by atoms with Crippen LogP contribution in [0, 0.1) is 0 Å². The molecule has 170 valence electrons. The quantitative estimate of drug-likeness (QED) is 0.266. The minimum Gasteiger partial charge on any atom is -0.442 e. The van der Waals surface area contributed by atoms with Gasteiger partial charge in [0.25, 0.3) is 5.91 Å². The first-order chi connectivity index (χ1) is 15.4. The Morgan fingerprint density at radius 1 is 1.19 bits per heavy atom. The lowest BCUT2D eigenvalue weighted by molar-refractivity contribution is -0.116. The van der Waals surface area contributed by atoms with Crippen molar-refractivity contribution in [2.24, 2.45) is 0 Å². The van der Waals surface area contributed by atoms with E-state index in [1.54, 1.807) is 36.4 Å². The first kappa shape index (κ1) is 24.2. The fraction of sp³-hybridized carbons (Fsp3) is 0.318. The van der Waals surface area contributed by atoms with Crippen LogP contribution in [0.1, 0.15) is 29.6 Å². The van der Waals surface area contributed by atoms with Gasteiger partial charge >= 0.3 is 6.09 Å². The van der Waals surface area contributed by atoms with E-state index in [2.05, 4.69) is 23.3 Å². The zero-order valence-electron chi connectivity index (χ0n) is 17.1. The number of nitrogens with one attached hydrogen (secondary N) is 2. The van der Waals surface area contributed by atoms with Crippen molar-refractivity contribution in [1.29, 1.82) is 0 Å². The lowest BCUT2D eigenvalue weighted by Crippen LogP contribution is -2.35. The topological polar surface area (TPSA) is 87.7 Å². The molecule has 0 spiro atoms. The first-order valence-electron chi connectivity index (χ1n) is 10.1. The number of ether oxygens (including phenoxy) is 1. The Bertz CT molecular complexity index is 1000. The summed E-state index contributed by atoms with van der Waals surface area (Å²) in [5, 5.41) is 6.01. The fourth-order valence-electron chi connectivity index (χ4n) is 3.22. The Morgan fingerprint density at radius 3 is 2.75 bits per heavy atom. The molecule has 0 saturated carbocycles. The number of rotatable bonds is 9. The summed E-state index contributed by atoms with van der Waals surface area (Å²) in [5.74, 6) is -0.00626. The molecule has 0 unspecified atom stereocenters. The van der Waals surface area contributed by atoms with Gasteiger partial charge in [-0.2, -0.15) is 0 Å². The Hall–Kier alpha value is -2.42. The Balaban J connectivity index is 1.61. The van der Waals surface area contributed by atoms with E-state index in [0.717, 1.165) is 6.42 Å². The fourth-order valence-corrected chi connectivity index (χ4v) is 3.83. The summed E-state index contributed by atoms with van der Waals surface area (Å²) in [6, 6.07) is 11.8. The molecule has 1 saturated heterocycles. The molecule has 2 aromatic carbocycles. The van der Waals surface area contributed by atoms with Crippen LogP contribution in [0.3, 0.4) is 0 Å². The number of benzene rings is 2. The van der Waals surface area contributed by atoms with E-state index in [4.69, 9.17) is 27.9 Å². The standard InChI is InChI=1S/C22H23Cl2N3O4S/c23-10-4-3-7-20(28)26-17-5-1-2-6-18(17)27-13-15(31-22(27)30)12-25-21(29)16-11-14(24)8-9-19(16)32/h1-2,5-6,8-9,11,15,32H,3-4,7,10,12-13H2,(H,25,29)(H,26,28)/t15-/m0/s1. The van der Waals surface area contributed by atoms with Crippen molar-refractivity contribution in [2.45, 2.75) is 30.3 Å². The molecule has 3 amide bonds. The first-order valence-corrected chi connectivity index (χ1v) is 11.4. The number of carbonyl (C=O) groups excluding carboxylic acids is 3. The minimum absolute atomic E-state index is 0.119. The molecular weight excluding hydrogens is 473 g/mol. The molecule has 1 heterocycles. The number of carbonyl (C=O) groups is 3. The molecule has 1 aliphatic rings. The molecule has 0 radical (unpaired) electrons. The van der Waals surface area contributed by atoms with Crippen LogP contribution in [-0.4, -0.2) is 43.0 Å². The average Bonchev–Trinajstić information content (AvgIpc) is 3.14. The highest BCUT2D eigenvalue weighted by Gasteiger charge is 2.34. The van der Waals surface area contributed by atoms with E-state index in [1.165, 1.54) is 11.0 Å². The minimum atomic E-state index is -0.554. The van der Waals surface area contributed by atoms with Crippen LogP contribution < -0.4 is 15.5 Å². The molecule has 7 nitrogen and oxygen atoms in total. The number of para-hydroxylation sites is 2. The average molecular weight is 496 g/mol. The lowest BCUT2D eigenvalue weighted by atomic mass is 10.2. The molecule has 0 aliphatic carbocycles. The second kappa shape index (κ2) is 11.4. The number of cyclic esters (lactones) is 1. The van der Waals surface area contributed by atoms with Gasteiger partial charge in [-0.1, -0.05) is 23.7 Å². The van der Waals surface area contributed by atoms with Crippen LogP contribution in [0.15, 0.2) is 47.4 Å². The molecule has 2 aromatic rings. The van der Waals surface area contributed by atoms with Crippen molar-refractivity contribution in [1.82, 2.24) is 5.32 Å². The summed E-state index contributed by atoms with van der Waals surface area (Å²) in [6.45, 7) is 0.343. The predicted molar refractivity (Wildman–Crippen MR) is 128 cm³/mol. The molecule has 1 aliphatic heterocycles. The maximum absolute atomic E-state index is 12.5. The number of anilines is 2. The molecule has 0 aromatic heterocycles. The third kappa shape index (κ3) is 6.31. The van der Waals surface area contributed by atoms with Crippen molar-refractivity contribution < 1.29 is 19.1 Å². The maximum atomic E-state index is 12.5. The molecule has 3 rings (SSSR count). The van der Waals surface area contributed by atoms with E-state index in [-0.39, 0.29) is 24.9 Å². The molecule has 1 atom stereocenters. The van der Waals surface area contributed by atoms with Crippen LogP contribution in [0.4, 0.5) is 16.2 Å². The second-order valence-corrected chi connectivity index (χ2v) is 8.50. The molecule has 1 fully saturated rings. The highest BCUT2D eigenvalue weighted by molar-refractivity contribution is 7.80. The highest BCUT2D eigenvalue weighted by Crippen LogP contribution is 2.29. The number of thiol groups is 1. The van der Waals surface area contributed by atoms with Gasteiger partial charge in [0, 0.05) is 22.2 Å². The van der Waals surface area contributed by atoms with Crippen molar-refractivity contribution in [2.75, 3.05) is 29.2 Å². The number of amides is 3. The van der Waals surface area contributed by atoms with Gasteiger partial charge in [0.2, 0.25) is 5.91 Å². The number of hydrogen-bond acceptors (Lipinski definition) is 5. The van der Waals surface area contributed by atoms with Crippen LogP contribution >= 0.6 is 35.8 Å². The summed E-state index contributed by atoms with van der Waals surface area (Å²) >= 11 is 15.9. The molecule has 10 heteroatoms. The third-order valence-corrected chi connectivity index (χ3v) is 5.72. The van der Waals surface area contributed by atoms with Gasteiger partial charge < -0.3 is 15.4 Å². The lowest BCUT2D eigenvalue weighted by Gasteiger charge is -2.18. The van der Waals surface area contributed by atoms with Gasteiger partial charge in [0.1, 0.15) is 6.10 Å². The smallest absolute Gasteiger partial charge is 0.414 e. The highest BCUT2D eigenvalue weighted by atomic mass is 35.5. The molecular formula is C22H23Cl2N3O4S. The third-order valence-electron chi connectivity index (χ3n) is 4.82. The van der Waals surface area contributed by atoms with E-state index >= 15 is 0 Å². The second-order valence-electron chi connectivity index (χ2n) is 7.20. The van der Waals surface area contributed by atoms with Crippen molar-refractivity contribution >= 4 is 65.1 Å². The normalized spacial score (nSPS) is 15.4. The molecule has 32 heavy (non-hydrogen) atoms. The van der Waals surface area contributed by atoms with Gasteiger partial charge in [-0.25, -0.2) is 4.79 Å². The Labute approximate surface area is 201 Å². The van der Waals surface area contributed by atoms with E-state index in [9.17, 15) is 14.4 Å². The number of hydrogen-bond donors (Lipinski definition) is 3. The number of alkyl halides is 1. The number of halogens is 2. The Morgan fingerprint density at radius 2 is 1.97 bits per heavy atom. The Kier molecular flexibility index (Phi) is 8.67.